The summed E-state index contributed by atoms with van der Waals surface area (Å²) in [5.74, 6) is -2.02. The number of rotatable bonds is 8. The highest BCUT2D eigenvalue weighted by Gasteiger charge is 2.23. The molecule has 0 spiro atoms. The summed E-state index contributed by atoms with van der Waals surface area (Å²) in [6.45, 7) is 2.75. The van der Waals surface area contributed by atoms with Gasteiger partial charge in [-0.25, -0.2) is 9.59 Å². The molecule has 1 aromatic heterocycles. The molecule has 0 aliphatic rings. The first-order valence-corrected chi connectivity index (χ1v) is 10.8. The van der Waals surface area contributed by atoms with E-state index >= 15 is 0 Å². The zero-order chi connectivity index (χ0) is 24.0. The highest BCUT2D eigenvalue weighted by atomic mass is 32.1. The topological polar surface area (TPSA) is 125 Å². The van der Waals surface area contributed by atoms with Crippen LogP contribution in [0.4, 0.5) is 10.7 Å². The zero-order valence-electron chi connectivity index (χ0n) is 17.8. The molecule has 10 heteroatoms. The molecule has 1 amide bonds. The Morgan fingerprint density at radius 3 is 2.42 bits per heavy atom. The molecule has 170 valence electrons. The van der Waals surface area contributed by atoms with E-state index in [9.17, 15) is 24.5 Å². The van der Waals surface area contributed by atoms with Crippen molar-refractivity contribution in [3.8, 4) is 11.1 Å². The largest absolute Gasteiger partial charge is 0.462 e. The molecule has 0 aliphatic carbocycles. The van der Waals surface area contributed by atoms with Crippen LogP contribution in [0, 0.1) is 17.0 Å². The molecule has 1 heterocycles. The van der Waals surface area contributed by atoms with Crippen LogP contribution in [0.3, 0.4) is 0 Å². The molecule has 0 saturated carbocycles. The quantitative estimate of drug-likeness (QED) is 0.291. The number of nitrogens with zero attached hydrogens (tertiary/aromatic N) is 1. The SMILES string of the molecule is CCOC(=O)c1c(-c2ccccc2)csc1NC(=O)COC(=O)c1ccc([N+](=O)[O-])c(C)c1. The van der Waals surface area contributed by atoms with Crippen molar-refractivity contribution in [3.63, 3.8) is 0 Å². The third-order valence-electron chi connectivity index (χ3n) is 4.57. The van der Waals surface area contributed by atoms with Gasteiger partial charge in [0.15, 0.2) is 6.61 Å². The van der Waals surface area contributed by atoms with Gasteiger partial charge in [-0.1, -0.05) is 30.3 Å². The van der Waals surface area contributed by atoms with Gasteiger partial charge >= 0.3 is 11.9 Å². The van der Waals surface area contributed by atoms with Crippen molar-refractivity contribution in [2.45, 2.75) is 13.8 Å². The molecule has 1 N–H and O–H groups in total. The highest BCUT2D eigenvalue weighted by Crippen LogP contribution is 2.36. The van der Waals surface area contributed by atoms with Crippen LogP contribution in [-0.4, -0.2) is 36.0 Å². The average molecular weight is 468 g/mol. The Balaban J connectivity index is 1.72. The molecule has 0 atom stereocenters. The predicted molar refractivity (Wildman–Crippen MR) is 122 cm³/mol. The van der Waals surface area contributed by atoms with E-state index in [0.717, 1.165) is 16.9 Å². The van der Waals surface area contributed by atoms with Crippen molar-refractivity contribution < 1.29 is 28.8 Å². The van der Waals surface area contributed by atoms with Crippen LogP contribution >= 0.6 is 11.3 Å². The Bertz CT molecular complexity index is 1200. The van der Waals surface area contributed by atoms with Crippen molar-refractivity contribution in [2.24, 2.45) is 0 Å². The molecule has 0 aliphatic heterocycles. The fraction of sp³-hybridized carbons (Fsp3) is 0.174. The number of benzene rings is 2. The minimum absolute atomic E-state index is 0.0839. The number of carbonyl (C=O) groups is 3. The molecule has 3 rings (SSSR count). The Morgan fingerprint density at radius 2 is 1.79 bits per heavy atom. The first-order valence-electron chi connectivity index (χ1n) is 9.87. The highest BCUT2D eigenvalue weighted by molar-refractivity contribution is 7.15. The number of aryl methyl sites for hydroxylation is 1. The van der Waals surface area contributed by atoms with Gasteiger partial charge < -0.3 is 14.8 Å². The zero-order valence-corrected chi connectivity index (χ0v) is 18.6. The van der Waals surface area contributed by atoms with Gasteiger partial charge in [0, 0.05) is 22.6 Å². The number of amides is 1. The number of nitro groups is 1. The number of anilines is 1. The monoisotopic (exact) mass is 468 g/mol. The lowest BCUT2D eigenvalue weighted by molar-refractivity contribution is -0.385. The lowest BCUT2D eigenvalue weighted by Crippen LogP contribution is -2.21. The number of carbonyl (C=O) groups excluding carboxylic acids is 3. The third kappa shape index (κ3) is 5.60. The maximum absolute atomic E-state index is 12.6. The molecule has 3 aromatic rings. The predicted octanol–water partition coefficient (Wildman–Crippen LogP) is 4.60. The Kier molecular flexibility index (Phi) is 7.52. The van der Waals surface area contributed by atoms with Crippen molar-refractivity contribution in [1.29, 1.82) is 0 Å². The van der Waals surface area contributed by atoms with E-state index < -0.39 is 29.4 Å². The number of esters is 2. The summed E-state index contributed by atoms with van der Waals surface area (Å²) in [4.78, 5) is 47.6. The van der Waals surface area contributed by atoms with E-state index in [4.69, 9.17) is 9.47 Å². The summed E-state index contributed by atoms with van der Waals surface area (Å²) in [6.07, 6.45) is 0. The molecule has 0 bridgehead atoms. The number of nitro benzene ring substituents is 1. The molecule has 0 unspecified atom stereocenters. The molecule has 0 radical (unpaired) electrons. The van der Waals surface area contributed by atoms with Gasteiger partial charge in [-0.15, -0.1) is 11.3 Å². The molecule has 0 fully saturated rings. The van der Waals surface area contributed by atoms with Crippen LogP contribution < -0.4 is 5.32 Å². The first-order chi connectivity index (χ1) is 15.8. The number of nitrogens with one attached hydrogen (secondary N) is 1. The second-order valence-electron chi connectivity index (χ2n) is 6.82. The number of thiophene rings is 1. The molecule has 0 saturated heterocycles. The maximum atomic E-state index is 12.6. The second kappa shape index (κ2) is 10.5. The fourth-order valence-electron chi connectivity index (χ4n) is 3.05. The Labute approximate surface area is 193 Å². The third-order valence-corrected chi connectivity index (χ3v) is 5.47. The van der Waals surface area contributed by atoms with Gasteiger partial charge in [0.2, 0.25) is 0 Å². The number of hydrogen-bond acceptors (Lipinski definition) is 8. The fourth-order valence-corrected chi connectivity index (χ4v) is 4.02. The van der Waals surface area contributed by atoms with Crippen LogP contribution in [0.25, 0.3) is 11.1 Å². The van der Waals surface area contributed by atoms with Gasteiger partial charge in [0.05, 0.1) is 17.1 Å². The summed E-state index contributed by atoms with van der Waals surface area (Å²) in [5, 5.41) is 15.5. The lowest BCUT2D eigenvalue weighted by Gasteiger charge is -2.09. The summed E-state index contributed by atoms with van der Waals surface area (Å²) in [5.41, 5.74) is 1.89. The number of hydrogen-bond donors (Lipinski definition) is 1. The van der Waals surface area contributed by atoms with E-state index in [-0.39, 0.29) is 28.4 Å². The molecular formula is C23H20N2O7S. The first kappa shape index (κ1) is 23.6. The van der Waals surface area contributed by atoms with Crippen LogP contribution in [0.1, 0.15) is 33.2 Å². The second-order valence-corrected chi connectivity index (χ2v) is 7.70. The minimum Gasteiger partial charge on any atom is -0.462 e. The summed E-state index contributed by atoms with van der Waals surface area (Å²) >= 11 is 1.15. The summed E-state index contributed by atoms with van der Waals surface area (Å²) < 4.78 is 10.2. The van der Waals surface area contributed by atoms with E-state index in [0.29, 0.717) is 11.1 Å². The van der Waals surface area contributed by atoms with E-state index in [1.165, 1.54) is 25.1 Å². The Hall–Kier alpha value is -4.05. The van der Waals surface area contributed by atoms with Gasteiger partial charge in [0.25, 0.3) is 11.6 Å². The van der Waals surface area contributed by atoms with Crippen LogP contribution in [-0.2, 0) is 14.3 Å². The maximum Gasteiger partial charge on any atom is 0.341 e. The van der Waals surface area contributed by atoms with E-state index in [1.54, 1.807) is 12.3 Å². The van der Waals surface area contributed by atoms with Crippen molar-refractivity contribution in [1.82, 2.24) is 0 Å². The van der Waals surface area contributed by atoms with Gasteiger partial charge in [0.1, 0.15) is 10.6 Å². The lowest BCUT2D eigenvalue weighted by atomic mass is 10.0. The minimum atomic E-state index is -0.801. The normalized spacial score (nSPS) is 10.4. The molecule has 9 nitrogen and oxygen atoms in total. The molecule has 2 aromatic carbocycles. The van der Waals surface area contributed by atoms with Crippen LogP contribution in [0.2, 0.25) is 0 Å². The number of ether oxygens (including phenoxy) is 2. The van der Waals surface area contributed by atoms with Crippen molar-refractivity contribution >= 4 is 39.9 Å². The van der Waals surface area contributed by atoms with Gasteiger partial charge in [-0.05, 0) is 31.5 Å². The summed E-state index contributed by atoms with van der Waals surface area (Å²) in [6, 6.07) is 13.0. The van der Waals surface area contributed by atoms with Crippen molar-refractivity contribution in [3.05, 3.63) is 80.7 Å². The van der Waals surface area contributed by atoms with E-state index in [2.05, 4.69) is 5.32 Å². The van der Waals surface area contributed by atoms with Crippen LogP contribution in [0.15, 0.2) is 53.9 Å². The van der Waals surface area contributed by atoms with Gasteiger partial charge in [-0.2, -0.15) is 0 Å². The van der Waals surface area contributed by atoms with Crippen molar-refractivity contribution in [2.75, 3.05) is 18.5 Å². The smallest absolute Gasteiger partial charge is 0.341 e. The average Bonchev–Trinajstić information content (AvgIpc) is 3.21. The molecule has 33 heavy (non-hydrogen) atoms. The van der Waals surface area contributed by atoms with Crippen LogP contribution in [0.5, 0.6) is 0 Å². The molecular weight excluding hydrogens is 448 g/mol. The summed E-state index contributed by atoms with van der Waals surface area (Å²) in [7, 11) is 0. The van der Waals surface area contributed by atoms with E-state index in [1.807, 2.05) is 30.3 Å². The standard InChI is InChI=1S/C23H20N2O7S/c1-3-31-23(28)20-17(15-7-5-4-6-8-15)13-33-21(20)24-19(26)12-32-22(27)16-9-10-18(25(29)30)14(2)11-16/h4-11,13H,3,12H2,1-2H3,(H,24,26). The Morgan fingerprint density at radius 1 is 1.06 bits per heavy atom. The van der Waals surface area contributed by atoms with Gasteiger partial charge in [-0.3, -0.25) is 14.9 Å².